The molecule has 0 atom stereocenters. The molecule has 0 radical (unpaired) electrons. The van der Waals surface area contributed by atoms with Gasteiger partial charge in [0, 0.05) is 28.9 Å². The normalized spacial score (nSPS) is 10.8. The fourth-order valence-corrected chi connectivity index (χ4v) is 2.29. The maximum Gasteiger partial charge on any atom is 0.129 e. The standard InChI is InChI=1S/C16H20BrN3/c1-11(2)20(10-13-6-4-5-7-15(13)18)16-8-12(3)14(17)9-19-16/h4-9,11H,10,18H2,1-3H3. The van der Waals surface area contributed by atoms with Gasteiger partial charge in [-0.15, -0.1) is 0 Å². The van der Waals surface area contributed by atoms with Crippen LogP contribution in [0.15, 0.2) is 41.0 Å². The van der Waals surface area contributed by atoms with Gasteiger partial charge in [0.1, 0.15) is 5.82 Å². The molecule has 0 unspecified atom stereocenters. The lowest BCUT2D eigenvalue weighted by atomic mass is 10.1. The molecule has 0 amide bonds. The third-order valence-corrected chi connectivity index (χ3v) is 4.18. The maximum atomic E-state index is 6.05. The number of aryl methyl sites for hydroxylation is 1. The van der Waals surface area contributed by atoms with Crippen LogP contribution in [0.3, 0.4) is 0 Å². The number of nitrogen functional groups attached to an aromatic ring is 1. The van der Waals surface area contributed by atoms with Crippen LogP contribution in [0.25, 0.3) is 0 Å². The molecule has 0 spiro atoms. The molecule has 3 nitrogen and oxygen atoms in total. The molecule has 1 heterocycles. The number of aromatic nitrogens is 1. The van der Waals surface area contributed by atoms with Crippen molar-refractivity contribution in [2.24, 2.45) is 0 Å². The zero-order valence-electron chi connectivity index (χ0n) is 12.1. The summed E-state index contributed by atoms with van der Waals surface area (Å²) in [5, 5.41) is 0. The Kier molecular flexibility index (Phi) is 4.65. The van der Waals surface area contributed by atoms with Gasteiger partial charge in [0.15, 0.2) is 0 Å². The molecule has 20 heavy (non-hydrogen) atoms. The zero-order chi connectivity index (χ0) is 14.7. The average Bonchev–Trinajstić information content (AvgIpc) is 2.41. The van der Waals surface area contributed by atoms with Gasteiger partial charge in [-0.05, 0) is 60.0 Å². The summed E-state index contributed by atoms with van der Waals surface area (Å²) in [6.07, 6.45) is 1.86. The predicted molar refractivity (Wildman–Crippen MR) is 88.8 cm³/mol. The smallest absolute Gasteiger partial charge is 0.129 e. The molecule has 0 bridgehead atoms. The van der Waals surface area contributed by atoms with Crippen molar-refractivity contribution in [3.63, 3.8) is 0 Å². The van der Waals surface area contributed by atoms with Crippen molar-refractivity contribution in [1.82, 2.24) is 4.98 Å². The highest BCUT2D eigenvalue weighted by Gasteiger charge is 2.14. The number of benzene rings is 1. The minimum absolute atomic E-state index is 0.350. The minimum Gasteiger partial charge on any atom is -0.398 e. The van der Waals surface area contributed by atoms with Crippen LogP contribution < -0.4 is 10.6 Å². The molecule has 2 rings (SSSR count). The number of hydrogen-bond acceptors (Lipinski definition) is 3. The Balaban J connectivity index is 2.32. The fraction of sp³-hybridized carbons (Fsp3) is 0.312. The number of nitrogens with zero attached hydrogens (tertiary/aromatic N) is 2. The van der Waals surface area contributed by atoms with Gasteiger partial charge in [0.2, 0.25) is 0 Å². The first-order valence-corrected chi connectivity index (χ1v) is 7.50. The highest BCUT2D eigenvalue weighted by atomic mass is 79.9. The second-order valence-corrected chi connectivity index (χ2v) is 6.07. The van der Waals surface area contributed by atoms with Crippen molar-refractivity contribution in [1.29, 1.82) is 0 Å². The van der Waals surface area contributed by atoms with Crippen LogP contribution in [0.2, 0.25) is 0 Å². The Bertz CT molecular complexity index is 596. The third-order valence-electron chi connectivity index (χ3n) is 3.35. The SMILES string of the molecule is Cc1cc(N(Cc2ccccc2N)C(C)C)ncc1Br. The lowest BCUT2D eigenvalue weighted by Crippen LogP contribution is -2.31. The first-order chi connectivity index (χ1) is 9.49. The van der Waals surface area contributed by atoms with E-state index >= 15 is 0 Å². The molecule has 4 heteroatoms. The van der Waals surface area contributed by atoms with Crippen LogP contribution in [0.1, 0.15) is 25.0 Å². The van der Waals surface area contributed by atoms with Crippen molar-refractivity contribution in [3.8, 4) is 0 Å². The van der Waals surface area contributed by atoms with E-state index in [1.54, 1.807) is 0 Å². The molecule has 0 aliphatic heterocycles. The molecule has 0 aliphatic rings. The zero-order valence-corrected chi connectivity index (χ0v) is 13.7. The van der Waals surface area contributed by atoms with Crippen molar-refractivity contribution in [3.05, 3.63) is 52.1 Å². The van der Waals surface area contributed by atoms with Gasteiger partial charge >= 0.3 is 0 Å². The van der Waals surface area contributed by atoms with E-state index in [1.807, 2.05) is 24.4 Å². The van der Waals surface area contributed by atoms with E-state index in [9.17, 15) is 0 Å². The largest absolute Gasteiger partial charge is 0.398 e. The summed E-state index contributed by atoms with van der Waals surface area (Å²) in [5.74, 6) is 0.976. The summed E-state index contributed by atoms with van der Waals surface area (Å²) >= 11 is 3.49. The van der Waals surface area contributed by atoms with Crippen molar-refractivity contribution >= 4 is 27.4 Å². The number of pyridine rings is 1. The Hall–Kier alpha value is -1.55. The second kappa shape index (κ2) is 6.27. The summed E-state index contributed by atoms with van der Waals surface area (Å²) in [6.45, 7) is 7.17. The molecule has 106 valence electrons. The molecule has 0 aliphatic carbocycles. The molecular formula is C16H20BrN3. The van der Waals surface area contributed by atoms with E-state index in [2.05, 4.69) is 58.7 Å². The Morgan fingerprint density at radius 1 is 1.30 bits per heavy atom. The number of hydrogen-bond donors (Lipinski definition) is 1. The van der Waals surface area contributed by atoms with Gasteiger partial charge in [-0.25, -0.2) is 4.98 Å². The van der Waals surface area contributed by atoms with Gasteiger partial charge in [-0.3, -0.25) is 0 Å². The number of para-hydroxylation sites is 1. The Morgan fingerprint density at radius 2 is 2.00 bits per heavy atom. The Morgan fingerprint density at radius 3 is 2.60 bits per heavy atom. The van der Waals surface area contributed by atoms with Crippen LogP contribution in [0, 0.1) is 6.92 Å². The van der Waals surface area contributed by atoms with E-state index in [0.29, 0.717) is 6.04 Å². The summed E-state index contributed by atoms with van der Waals surface area (Å²) in [6, 6.07) is 10.4. The van der Waals surface area contributed by atoms with Gasteiger partial charge in [0.05, 0.1) is 0 Å². The lowest BCUT2D eigenvalue weighted by molar-refractivity contribution is 0.673. The van der Waals surface area contributed by atoms with Crippen LogP contribution >= 0.6 is 15.9 Å². The minimum atomic E-state index is 0.350. The summed E-state index contributed by atoms with van der Waals surface area (Å²) in [7, 11) is 0. The van der Waals surface area contributed by atoms with Crippen LogP contribution in [0.5, 0.6) is 0 Å². The van der Waals surface area contributed by atoms with Crippen molar-refractivity contribution < 1.29 is 0 Å². The van der Waals surface area contributed by atoms with Gasteiger partial charge in [-0.2, -0.15) is 0 Å². The molecular weight excluding hydrogens is 314 g/mol. The third kappa shape index (κ3) is 3.31. The van der Waals surface area contributed by atoms with Crippen LogP contribution in [0.4, 0.5) is 11.5 Å². The summed E-state index contributed by atoms with van der Waals surface area (Å²) in [4.78, 5) is 6.78. The topological polar surface area (TPSA) is 42.1 Å². The summed E-state index contributed by atoms with van der Waals surface area (Å²) < 4.78 is 1.03. The van der Waals surface area contributed by atoms with Crippen LogP contribution in [-0.2, 0) is 6.54 Å². The van der Waals surface area contributed by atoms with Crippen LogP contribution in [-0.4, -0.2) is 11.0 Å². The predicted octanol–water partition coefficient (Wildman–Crippen LogP) is 4.15. The summed E-state index contributed by atoms with van der Waals surface area (Å²) in [5.41, 5.74) is 9.18. The first-order valence-electron chi connectivity index (χ1n) is 6.71. The van der Waals surface area contributed by atoms with Crippen molar-refractivity contribution in [2.75, 3.05) is 10.6 Å². The molecule has 1 aromatic carbocycles. The first kappa shape index (κ1) is 14.9. The molecule has 2 N–H and O–H groups in total. The number of anilines is 2. The lowest BCUT2D eigenvalue weighted by Gasteiger charge is -2.29. The molecule has 1 aromatic heterocycles. The number of rotatable bonds is 4. The Labute approximate surface area is 129 Å². The van der Waals surface area contributed by atoms with Gasteiger partial charge in [-0.1, -0.05) is 18.2 Å². The maximum absolute atomic E-state index is 6.05. The number of halogens is 1. The monoisotopic (exact) mass is 333 g/mol. The highest BCUT2D eigenvalue weighted by Crippen LogP contribution is 2.24. The van der Waals surface area contributed by atoms with Crippen molar-refractivity contribution in [2.45, 2.75) is 33.4 Å². The van der Waals surface area contributed by atoms with E-state index in [1.165, 1.54) is 5.56 Å². The van der Waals surface area contributed by atoms with E-state index in [-0.39, 0.29) is 0 Å². The average molecular weight is 334 g/mol. The highest BCUT2D eigenvalue weighted by molar-refractivity contribution is 9.10. The second-order valence-electron chi connectivity index (χ2n) is 5.21. The molecule has 0 saturated carbocycles. The van der Waals surface area contributed by atoms with E-state index in [0.717, 1.165) is 28.1 Å². The quantitative estimate of drug-likeness (QED) is 0.854. The number of nitrogens with two attached hydrogens (primary N) is 1. The van der Waals surface area contributed by atoms with Gasteiger partial charge in [0.25, 0.3) is 0 Å². The molecule has 2 aromatic rings. The van der Waals surface area contributed by atoms with Gasteiger partial charge < -0.3 is 10.6 Å². The molecule has 0 saturated heterocycles. The fourth-order valence-electron chi connectivity index (χ4n) is 2.07. The molecule has 0 fully saturated rings. The van der Waals surface area contributed by atoms with E-state index in [4.69, 9.17) is 5.73 Å². The van der Waals surface area contributed by atoms with E-state index < -0.39 is 0 Å².